The molecule has 1 saturated heterocycles. The largest absolute Gasteiger partial charge is 0.323 e. The molecule has 1 atom stereocenters. The lowest BCUT2D eigenvalue weighted by Crippen LogP contribution is -2.37. The lowest BCUT2D eigenvalue weighted by Gasteiger charge is -2.12. The number of hydrogen-bond donors (Lipinski definition) is 2. The van der Waals surface area contributed by atoms with Crippen LogP contribution < -0.4 is 10.6 Å². The zero-order valence-corrected chi connectivity index (χ0v) is 11.5. The van der Waals surface area contributed by atoms with E-state index in [1.807, 2.05) is 25.1 Å². The van der Waals surface area contributed by atoms with E-state index in [0.717, 1.165) is 33.8 Å². The van der Waals surface area contributed by atoms with E-state index in [-0.39, 0.29) is 11.9 Å². The quantitative estimate of drug-likeness (QED) is 0.880. The minimum absolute atomic E-state index is 0.0163. The zero-order valence-electron chi connectivity index (χ0n) is 10.6. The summed E-state index contributed by atoms with van der Waals surface area (Å²) in [7, 11) is 0. The van der Waals surface area contributed by atoms with Crippen LogP contribution in [-0.2, 0) is 4.79 Å². The number of carbonyl (C=O) groups is 1. The van der Waals surface area contributed by atoms with Crippen LogP contribution in [0.1, 0.15) is 5.56 Å². The van der Waals surface area contributed by atoms with Crippen molar-refractivity contribution < 1.29 is 4.79 Å². The average Bonchev–Trinajstić information content (AvgIpc) is 2.92. The first-order valence-electron chi connectivity index (χ1n) is 6.21. The number of carbonyl (C=O) groups excluding carboxylic acids is 1. The molecule has 19 heavy (non-hydrogen) atoms. The van der Waals surface area contributed by atoms with Crippen LogP contribution in [0, 0.1) is 6.92 Å². The van der Waals surface area contributed by atoms with Crippen LogP contribution in [0.15, 0.2) is 30.5 Å². The highest BCUT2D eigenvalue weighted by Gasteiger charge is 2.23. The van der Waals surface area contributed by atoms with Gasteiger partial charge in [0.1, 0.15) is 0 Å². The Morgan fingerprint density at radius 1 is 1.53 bits per heavy atom. The third kappa shape index (κ3) is 2.57. The van der Waals surface area contributed by atoms with Crippen LogP contribution in [-0.4, -0.2) is 28.6 Å². The Bertz CT molecular complexity index is 623. The van der Waals surface area contributed by atoms with Gasteiger partial charge in [0.25, 0.3) is 0 Å². The summed E-state index contributed by atoms with van der Waals surface area (Å²) < 4.78 is 0. The highest BCUT2D eigenvalue weighted by atomic mass is 32.2. The summed E-state index contributed by atoms with van der Waals surface area (Å²) in [6.07, 6.45) is 1.75. The van der Waals surface area contributed by atoms with Crippen molar-refractivity contribution in [1.82, 2.24) is 10.3 Å². The number of rotatable bonds is 2. The fraction of sp³-hybridized carbons (Fsp3) is 0.286. The van der Waals surface area contributed by atoms with Gasteiger partial charge in [-0.1, -0.05) is 6.07 Å². The van der Waals surface area contributed by atoms with Crippen molar-refractivity contribution in [3.05, 3.63) is 36.0 Å². The minimum Gasteiger partial charge on any atom is -0.323 e. The van der Waals surface area contributed by atoms with E-state index in [4.69, 9.17) is 0 Å². The fourth-order valence-corrected chi connectivity index (χ4v) is 3.16. The number of thioether (sulfide) groups is 1. The minimum atomic E-state index is -0.107. The summed E-state index contributed by atoms with van der Waals surface area (Å²) in [4.78, 5) is 16.5. The van der Waals surface area contributed by atoms with E-state index in [0.29, 0.717) is 0 Å². The van der Waals surface area contributed by atoms with Gasteiger partial charge in [-0.05, 0) is 30.7 Å². The molecule has 2 heterocycles. The van der Waals surface area contributed by atoms with E-state index in [1.54, 1.807) is 18.0 Å². The summed E-state index contributed by atoms with van der Waals surface area (Å²) in [6.45, 7) is 2.02. The number of hydrogen-bond acceptors (Lipinski definition) is 4. The summed E-state index contributed by atoms with van der Waals surface area (Å²) in [5, 5.41) is 7.21. The highest BCUT2D eigenvalue weighted by molar-refractivity contribution is 7.99. The van der Waals surface area contributed by atoms with Crippen LogP contribution >= 0.6 is 11.8 Å². The molecule has 3 rings (SSSR count). The van der Waals surface area contributed by atoms with Gasteiger partial charge >= 0.3 is 0 Å². The molecule has 1 amide bonds. The van der Waals surface area contributed by atoms with Gasteiger partial charge in [-0.3, -0.25) is 15.1 Å². The van der Waals surface area contributed by atoms with Crippen LogP contribution in [0.25, 0.3) is 10.9 Å². The van der Waals surface area contributed by atoms with Crippen molar-refractivity contribution in [2.45, 2.75) is 13.0 Å². The molecule has 0 spiro atoms. The smallest absolute Gasteiger partial charge is 0.242 e. The molecule has 1 unspecified atom stereocenters. The van der Waals surface area contributed by atoms with Crippen LogP contribution in [0.5, 0.6) is 0 Å². The molecule has 0 aliphatic carbocycles. The molecule has 2 aromatic rings. The predicted molar refractivity (Wildman–Crippen MR) is 79.4 cm³/mol. The van der Waals surface area contributed by atoms with Crippen LogP contribution in [0.2, 0.25) is 0 Å². The molecular weight excluding hydrogens is 258 g/mol. The van der Waals surface area contributed by atoms with Crippen molar-refractivity contribution in [3.63, 3.8) is 0 Å². The Balaban J connectivity index is 1.93. The van der Waals surface area contributed by atoms with E-state index < -0.39 is 0 Å². The van der Waals surface area contributed by atoms with Gasteiger partial charge in [0.15, 0.2) is 0 Å². The molecular formula is C14H15N3OS. The molecule has 98 valence electrons. The Kier molecular flexibility index (Phi) is 3.40. The first kappa shape index (κ1) is 12.4. The molecule has 1 aromatic heterocycles. The summed E-state index contributed by atoms with van der Waals surface area (Å²) in [5.74, 6) is 1.68. The van der Waals surface area contributed by atoms with Crippen molar-refractivity contribution in [2.75, 3.05) is 16.9 Å². The van der Waals surface area contributed by atoms with Gasteiger partial charge in [-0.2, -0.15) is 0 Å². The molecule has 1 aromatic carbocycles. The molecule has 1 fully saturated rings. The Morgan fingerprint density at radius 3 is 3.21 bits per heavy atom. The van der Waals surface area contributed by atoms with Gasteiger partial charge in [0.05, 0.1) is 17.2 Å². The molecule has 5 heteroatoms. The van der Waals surface area contributed by atoms with Crippen molar-refractivity contribution >= 4 is 34.3 Å². The second-order valence-electron chi connectivity index (χ2n) is 4.65. The number of anilines is 1. The normalized spacial score (nSPS) is 18.7. The van der Waals surface area contributed by atoms with Crippen molar-refractivity contribution in [3.8, 4) is 0 Å². The second kappa shape index (κ2) is 5.19. The Hall–Kier alpha value is -1.59. The fourth-order valence-electron chi connectivity index (χ4n) is 2.22. The molecule has 0 bridgehead atoms. The van der Waals surface area contributed by atoms with Gasteiger partial charge in [-0.25, -0.2) is 0 Å². The summed E-state index contributed by atoms with van der Waals surface area (Å²) in [5.41, 5.74) is 2.75. The number of benzene rings is 1. The Morgan fingerprint density at radius 2 is 2.42 bits per heavy atom. The zero-order chi connectivity index (χ0) is 13.2. The number of pyridine rings is 1. The predicted octanol–water partition coefficient (Wildman–Crippen LogP) is 2.14. The standard InChI is InChI=1S/C14H15N3OS/c1-9-5-10-3-2-4-15-13(10)11(6-9)17-14(18)12-7-19-8-16-12/h2-6,12,16H,7-8H2,1H3,(H,17,18). The number of amides is 1. The maximum absolute atomic E-state index is 12.2. The van der Waals surface area contributed by atoms with E-state index >= 15 is 0 Å². The number of aromatic nitrogens is 1. The first-order valence-corrected chi connectivity index (χ1v) is 7.37. The van der Waals surface area contributed by atoms with Crippen molar-refractivity contribution in [1.29, 1.82) is 0 Å². The highest BCUT2D eigenvalue weighted by Crippen LogP contribution is 2.24. The number of aryl methyl sites for hydroxylation is 1. The van der Waals surface area contributed by atoms with Gasteiger partial charge in [0.2, 0.25) is 5.91 Å². The molecule has 0 saturated carbocycles. The monoisotopic (exact) mass is 273 g/mol. The average molecular weight is 273 g/mol. The lowest BCUT2D eigenvalue weighted by atomic mass is 10.1. The molecule has 0 radical (unpaired) electrons. The molecule has 2 N–H and O–H groups in total. The summed E-state index contributed by atoms with van der Waals surface area (Å²) in [6, 6.07) is 7.85. The summed E-state index contributed by atoms with van der Waals surface area (Å²) >= 11 is 1.74. The number of nitrogens with zero attached hydrogens (tertiary/aromatic N) is 1. The van der Waals surface area contributed by atoms with E-state index in [1.165, 1.54) is 0 Å². The van der Waals surface area contributed by atoms with E-state index in [2.05, 4.69) is 21.7 Å². The lowest BCUT2D eigenvalue weighted by molar-refractivity contribution is -0.117. The maximum Gasteiger partial charge on any atom is 0.242 e. The molecule has 1 aliphatic heterocycles. The molecule has 1 aliphatic rings. The number of nitrogens with one attached hydrogen (secondary N) is 2. The van der Waals surface area contributed by atoms with Gasteiger partial charge in [0, 0.05) is 23.2 Å². The third-order valence-corrected chi connectivity index (χ3v) is 4.08. The third-order valence-electron chi connectivity index (χ3n) is 3.14. The second-order valence-corrected chi connectivity index (χ2v) is 5.68. The topological polar surface area (TPSA) is 54.0 Å². The SMILES string of the molecule is Cc1cc(NC(=O)C2CSCN2)c2ncccc2c1. The Labute approximate surface area is 116 Å². The van der Waals surface area contributed by atoms with Crippen LogP contribution in [0.4, 0.5) is 5.69 Å². The van der Waals surface area contributed by atoms with Gasteiger partial charge < -0.3 is 5.32 Å². The van der Waals surface area contributed by atoms with E-state index in [9.17, 15) is 4.79 Å². The molecule has 4 nitrogen and oxygen atoms in total. The van der Waals surface area contributed by atoms with Crippen molar-refractivity contribution in [2.24, 2.45) is 0 Å². The number of fused-ring (bicyclic) bond motifs is 1. The van der Waals surface area contributed by atoms with Gasteiger partial charge in [-0.15, -0.1) is 11.8 Å². The first-order chi connectivity index (χ1) is 9.24. The van der Waals surface area contributed by atoms with Crippen LogP contribution in [0.3, 0.4) is 0 Å². The maximum atomic E-state index is 12.2.